The Labute approximate surface area is 63.6 Å². The molecule has 0 unspecified atom stereocenters. The second-order valence-corrected chi connectivity index (χ2v) is 2.80. The molecule has 0 aliphatic rings. The van der Waals surface area contributed by atoms with Gasteiger partial charge in [0.2, 0.25) is 11.2 Å². The largest absolute Gasteiger partial charge is 0.242 e. The first-order chi connectivity index (χ1) is 4.33. The van der Waals surface area contributed by atoms with Gasteiger partial charge in [-0.3, -0.25) is 0 Å². The van der Waals surface area contributed by atoms with Crippen molar-refractivity contribution in [2.24, 2.45) is 4.99 Å². The van der Waals surface area contributed by atoms with Gasteiger partial charge in [-0.1, -0.05) is 0 Å². The predicted octanol–water partition coefficient (Wildman–Crippen LogP) is 1.87. The Hall–Kier alpha value is -0.510. The number of hydrogen-bond acceptors (Lipinski definition) is 4. The third-order valence-corrected chi connectivity index (χ3v) is 2.05. The highest BCUT2D eigenvalue weighted by atomic mass is 79.9. The SMILES string of the molecule is O=C=Nc1nc(Br)cs1. The highest BCUT2D eigenvalue weighted by Crippen LogP contribution is 2.21. The van der Waals surface area contributed by atoms with Crippen LogP contribution in [0.25, 0.3) is 0 Å². The molecule has 0 fully saturated rings. The molecule has 0 saturated heterocycles. The van der Waals surface area contributed by atoms with Crippen molar-refractivity contribution < 1.29 is 4.79 Å². The maximum atomic E-state index is 9.64. The molecule has 1 aromatic heterocycles. The minimum atomic E-state index is 0.428. The summed E-state index contributed by atoms with van der Waals surface area (Å²) >= 11 is 4.40. The zero-order chi connectivity index (χ0) is 6.69. The fourth-order valence-corrected chi connectivity index (χ4v) is 1.40. The molecule has 3 nitrogen and oxygen atoms in total. The average Bonchev–Trinajstić information content (AvgIpc) is 2.17. The minimum absolute atomic E-state index is 0.428. The van der Waals surface area contributed by atoms with Gasteiger partial charge in [-0.15, -0.1) is 16.3 Å². The van der Waals surface area contributed by atoms with Crippen LogP contribution in [0, 0.1) is 0 Å². The van der Waals surface area contributed by atoms with Gasteiger partial charge in [-0.2, -0.15) is 0 Å². The number of aliphatic imine (C=N–C) groups is 1. The van der Waals surface area contributed by atoms with Gasteiger partial charge in [-0.05, 0) is 15.9 Å². The third kappa shape index (κ3) is 1.71. The van der Waals surface area contributed by atoms with Crippen molar-refractivity contribution in [1.29, 1.82) is 0 Å². The van der Waals surface area contributed by atoms with E-state index in [1.54, 1.807) is 5.38 Å². The van der Waals surface area contributed by atoms with Gasteiger partial charge in [-0.25, -0.2) is 9.78 Å². The number of thiazole rings is 1. The van der Waals surface area contributed by atoms with Crippen LogP contribution in [0.15, 0.2) is 15.0 Å². The summed E-state index contributed by atoms with van der Waals surface area (Å²) in [5.74, 6) is 0. The molecule has 0 aliphatic heterocycles. The topological polar surface area (TPSA) is 42.3 Å². The fourth-order valence-electron chi connectivity index (χ4n) is 0.336. The summed E-state index contributed by atoms with van der Waals surface area (Å²) in [5.41, 5.74) is 0. The Bertz CT molecular complexity index is 253. The number of halogens is 1. The molecule has 0 bridgehead atoms. The molecule has 0 aliphatic carbocycles. The monoisotopic (exact) mass is 204 g/mol. The van der Waals surface area contributed by atoms with Crippen molar-refractivity contribution in [1.82, 2.24) is 4.98 Å². The lowest BCUT2D eigenvalue weighted by Gasteiger charge is -1.70. The fraction of sp³-hybridized carbons (Fsp3) is 0. The maximum Gasteiger partial charge on any atom is 0.242 e. The van der Waals surface area contributed by atoms with Crippen molar-refractivity contribution in [3.8, 4) is 0 Å². The van der Waals surface area contributed by atoms with Crippen LogP contribution in [0.5, 0.6) is 0 Å². The first-order valence-electron chi connectivity index (χ1n) is 2.02. The first kappa shape index (κ1) is 6.61. The van der Waals surface area contributed by atoms with Gasteiger partial charge >= 0.3 is 0 Å². The Balaban J connectivity index is 2.97. The summed E-state index contributed by atoms with van der Waals surface area (Å²) in [7, 11) is 0. The van der Waals surface area contributed by atoms with Crippen molar-refractivity contribution in [3.63, 3.8) is 0 Å². The Morgan fingerprint density at radius 1 is 1.89 bits per heavy atom. The van der Waals surface area contributed by atoms with E-state index < -0.39 is 0 Å². The van der Waals surface area contributed by atoms with Crippen molar-refractivity contribution >= 4 is 38.5 Å². The van der Waals surface area contributed by atoms with Crippen LogP contribution in [0.1, 0.15) is 0 Å². The van der Waals surface area contributed by atoms with Crippen LogP contribution in [0.2, 0.25) is 0 Å². The van der Waals surface area contributed by atoms with Gasteiger partial charge in [0.25, 0.3) is 0 Å². The van der Waals surface area contributed by atoms with Gasteiger partial charge in [0.15, 0.2) is 0 Å². The lowest BCUT2D eigenvalue weighted by atomic mass is 11.0. The Kier molecular flexibility index (Phi) is 2.10. The standard InChI is InChI=1S/C4HBrN2OS/c5-3-1-9-4(7-3)6-2-8/h1H. The smallest absolute Gasteiger partial charge is 0.211 e. The molecule has 46 valence electrons. The zero-order valence-electron chi connectivity index (χ0n) is 4.17. The molecule has 1 aromatic rings. The molecule has 5 heteroatoms. The Morgan fingerprint density at radius 3 is 3.11 bits per heavy atom. The summed E-state index contributed by atoms with van der Waals surface area (Å²) in [6.07, 6.45) is 1.40. The average molecular weight is 205 g/mol. The van der Waals surface area contributed by atoms with Crippen molar-refractivity contribution in [2.75, 3.05) is 0 Å². The lowest BCUT2D eigenvalue weighted by Crippen LogP contribution is -1.58. The van der Waals surface area contributed by atoms with Crippen LogP contribution < -0.4 is 0 Å². The molecule has 0 saturated carbocycles. The quantitative estimate of drug-likeness (QED) is 0.518. The van der Waals surface area contributed by atoms with E-state index in [4.69, 9.17) is 0 Å². The summed E-state index contributed by atoms with van der Waals surface area (Å²) in [6, 6.07) is 0. The summed E-state index contributed by atoms with van der Waals surface area (Å²) in [4.78, 5) is 16.7. The molecule has 0 spiro atoms. The lowest BCUT2D eigenvalue weighted by molar-refractivity contribution is 0.565. The predicted molar refractivity (Wildman–Crippen MR) is 37.6 cm³/mol. The third-order valence-electron chi connectivity index (χ3n) is 0.605. The van der Waals surface area contributed by atoms with E-state index in [2.05, 4.69) is 25.9 Å². The van der Waals surface area contributed by atoms with E-state index in [1.165, 1.54) is 17.4 Å². The maximum absolute atomic E-state index is 9.64. The zero-order valence-corrected chi connectivity index (χ0v) is 6.57. The normalized spacial score (nSPS) is 8.56. The van der Waals surface area contributed by atoms with E-state index >= 15 is 0 Å². The second kappa shape index (κ2) is 2.87. The van der Waals surface area contributed by atoms with Crippen LogP contribution in [-0.2, 0) is 4.79 Å². The molecule has 0 radical (unpaired) electrons. The van der Waals surface area contributed by atoms with Crippen LogP contribution >= 0.6 is 27.3 Å². The van der Waals surface area contributed by atoms with E-state index in [9.17, 15) is 4.79 Å². The molecular formula is C4HBrN2OS. The molecular weight excluding hydrogens is 204 g/mol. The number of aromatic nitrogens is 1. The van der Waals surface area contributed by atoms with E-state index in [-0.39, 0.29) is 0 Å². The number of nitrogens with zero attached hydrogens (tertiary/aromatic N) is 2. The summed E-state index contributed by atoms with van der Waals surface area (Å²) < 4.78 is 0.696. The summed E-state index contributed by atoms with van der Waals surface area (Å²) in [5, 5.41) is 2.17. The van der Waals surface area contributed by atoms with Crippen LogP contribution in [0.4, 0.5) is 5.13 Å². The van der Waals surface area contributed by atoms with E-state index in [1.807, 2.05) is 0 Å². The molecule has 0 amide bonds. The molecule has 0 aromatic carbocycles. The highest BCUT2D eigenvalue weighted by Gasteiger charge is 1.93. The van der Waals surface area contributed by atoms with Crippen molar-refractivity contribution in [3.05, 3.63) is 9.98 Å². The Morgan fingerprint density at radius 2 is 2.67 bits per heavy atom. The number of isocyanates is 1. The van der Waals surface area contributed by atoms with E-state index in [0.29, 0.717) is 9.73 Å². The van der Waals surface area contributed by atoms with Gasteiger partial charge < -0.3 is 0 Å². The second-order valence-electron chi connectivity index (χ2n) is 1.16. The molecule has 0 atom stereocenters. The first-order valence-corrected chi connectivity index (χ1v) is 3.69. The molecule has 9 heavy (non-hydrogen) atoms. The molecule has 1 rings (SSSR count). The molecule has 0 N–H and O–H groups in total. The number of hydrogen-bond donors (Lipinski definition) is 0. The minimum Gasteiger partial charge on any atom is -0.211 e. The van der Waals surface area contributed by atoms with Gasteiger partial charge in [0.05, 0.1) is 0 Å². The van der Waals surface area contributed by atoms with Crippen LogP contribution in [-0.4, -0.2) is 11.1 Å². The number of carbonyl (C=O) groups excluding carboxylic acids is 1. The van der Waals surface area contributed by atoms with Crippen molar-refractivity contribution in [2.45, 2.75) is 0 Å². The summed E-state index contributed by atoms with van der Waals surface area (Å²) in [6.45, 7) is 0. The number of rotatable bonds is 1. The van der Waals surface area contributed by atoms with Gasteiger partial charge in [0.1, 0.15) is 4.60 Å². The highest BCUT2D eigenvalue weighted by molar-refractivity contribution is 9.10. The van der Waals surface area contributed by atoms with Gasteiger partial charge in [0, 0.05) is 5.38 Å². The van der Waals surface area contributed by atoms with E-state index in [0.717, 1.165) is 0 Å². The molecule has 1 heterocycles. The van der Waals surface area contributed by atoms with Crippen LogP contribution in [0.3, 0.4) is 0 Å².